The van der Waals surface area contributed by atoms with Gasteiger partial charge in [-0.1, -0.05) is 35.9 Å². The number of carbonyl (C=O) groups excluding carboxylic acids is 1. The van der Waals surface area contributed by atoms with Crippen LogP contribution in [0.15, 0.2) is 54.6 Å². The molecule has 35 heavy (non-hydrogen) atoms. The van der Waals surface area contributed by atoms with Crippen LogP contribution < -0.4 is 10.0 Å². The van der Waals surface area contributed by atoms with Crippen LogP contribution in [0.5, 0.6) is 0 Å². The molecule has 4 rings (SSSR count). The summed E-state index contributed by atoms with van der Waals surface area (Å²) in [6.45, 7) is 0. The predicted molar refractivity (Wildman–Crippen MR) is 132 cm³/mol. The Morgan fingerprint density at radius 3 is 2.57 bits per heavy atom. The topological polar surface area (TPSA) is 116 Å². The van der Waals surface area contributed by atoms with E-state index in [1.807, 2.05) is 18.2 Å². The number of amides is 1. The van der Waals surface area contributed by atoms with E-state index < -0.39 is 40.0 Å². The molecule has 184 valence electrons. The third kappa shape index (κ3) is 5.71. The van der Waals surface area contributed by atoms with Crippen molar-refractivity contribution in [3.63, 3.8) is 0 Å². The van der Waals surface area contributed by atoms with Crippen LogP contribution >= 0.6 is 22.9 Å². The highest BCUT2D eigenvalue weighted by molar-refractivity contribution is 7.87. The zero-order valence-corrected chi connectivity index (χ0v) is 20.8. The number of nitrogens with zero attached hydrogens (tertiary/aromatic N) is 1. The number of carbonyl (C=O) groups is 2. The maximum absolute atomic E-state index is 13.4. The van der Waals surface area contributed by atoms with Crippen molar-refractivity contribution < 1.29 is 27.5 Å². The first kappa shape index (κ1) is 25.3. The molecule has 1 amide bonds. The van der Waals surface area contributed by atoms with Gasteiger partial charge in [0.1, 0.15) is 11.9 Å². The number of thiophene rings is 1. The third-order valence-electron chi connectivity index (χ3n) is 5.62. The Hall–Kier alpha value is -2.83. The van der Waals surface area contributed by atoms with Gasteiger partial charge in [0, 0.05) is 22.5 Å². The average molecular weight is 538 g/mol. The lowest BCUT2D eigenvalue weighted by molar-refractivity contribution is -0.136. The lowest BCUT2D eigenvalue weighted by atomic mass is 10.0. The van der Waals surface area contributed by atoms with E-state index in [1.165, 1.54) is 30.5 Å². The standard InChI is InChI=1S/C23H21ClFN3O5S2/c1-28-19(23(31)26-15-6-7-17(25)16(24)11-15)12-18(27-35(28,32)33)21-9-8-20(34-21)14-4-2-13(3-5-14)10-22(29)30/h2-9,11,18-19,27H,10,12H2,1H3,(H,26,31)(H,29,30)/t18-,19+/m0/s1. The lowest BCUT2D eigenvalue weighted by Crippen LogP contribution is -2.55. The number of anilines is 1. The minimum Gasteiger partial charge on any atom is -0.481 e. The number of carboxylic acid groups (broad SMARTS) is 1. The molecule has 2 atom stereocenters. The average Bonchev–Trinajstić information content (AvgIpc) is 3.28. The number of benzene rings is 2. The minimum absolute atomic E-state index is 0.0685. The molecule has 0 bridgehead atoms. The van der Waals surface area contributed by atoms with Gasteiger partial charge in [0.25, 0.3) is 10.2 Å². The van der Waals surface area contributed by atoms with Gasteiger partial charge in [-0.2, -0.15) is 17.4 Å². The van der Waals surface area contributed by atoms with E-state index in [9.17, 15) is 22.4 Å². The zero-order valence-electron chi connectivity index (χ0n) is 18.4. The molecule has 1 saturated heterocycles. The smallest absolute Gasteiger partial charge is 0.307 e. The molecule has 12 heteroatoms. The largest absolute Gasteiger partial charge is 0.481 e. The number of halogens is 2. The van der Waals surface area contributed by atoms with Gasteiger partial charge in [-0.25, -0.2) is 4.39 Å². The number of nitrogens with one attached hydrogen (secondary N) is 2. The lowest BCUT2D eigenvalue weighted by Gasteiger charge is -2.35. The number of rotatable bonds is 6. The van der Waals surface area contributed by atoms with Crippen molar-refractivity contribution in [3.8, 4) is 10.4 Å². The van der Waals surface area contributed by atoms with Crippen LogP contribution in [0.3, 0.4) is 0 Å². The summed E-state index contributed by atoms with van der Waals surface area (Å²) in [5, 5.41) is 11.4. The Labute approximate surface area is 210 Å². The molecular weight excluding hydrogens is 517 g/mol. The van der Waals surface area contributed by atoms with E-state index >= 15 is 0 Å². The molecule has 0 unspecified atom stereocenters. The van der Waals surface area contributed by atoms with Crippen molar-refractivity contribution in [2.24, 2.45) is 0 Å². The maximum atomic E-state index is 13.4. The fourth-order valence-corrected chi connectivity index (χ4v) is 6.35. The highest BCUT2D eigenvalue weighted by Gasteiger charge is 2.41. The number of aliphatic carboxylic acids is 1. The summed E-state index contributed by atoms with van der Waals surface area (Å²) in [6, 6.07) is 12.9. The molecular formula is C23H21ClFN3O5S2. The molecule has 8 nitrogen and oxygen atoms in total. The highest BCUT2D eigenvalue weighted by atomic mass is 35.5. The van der Waals surface area contributed by atoms with Crippen molar-refractivity contribution >= 4 is 50.7 Å². The Morgan fingerprint density at radius 2 is 1.91 bits per heavy atom. The molecule has 1 aliphatic rings. The number of carboxylic acids is 1. The fraction of sp³-hybridized carbons (Fsp3) is 0.217. The van der Waals surface area contributed by atoms with Crippen molar-refractivity contribution in [3.05, 3.63) is 75.9 Å². The number of likely N-dealkylation sites (N-methyl/N-ethyl adjacent to an activating group) is 1. The van der Waals surface area contributed by atoms with Crippen LogP contribution in [0.25, 0.3) is 10.4 Å². The van der Waals surface area contributed by atoms with Gasteiger partial charge in [-0.15, -0.1) is 11.3 Å². The zero-order chi connectivity index (χ0) is 25.3. The third-order valence-corrected chi connectivity index (χ3v) is 8.75. The first-order chi connectivity index (χ1) is 16.5. The Bertz CT molecular complexity index is 1380. The number of hydrogen-bond acceptors (Lipinski definition) is 5. The highest BCUT2D eigenvalue weighted by Crippen LogP contribution is 2.36. The summed E-state index contributed by atoms with van der Waals surface area (Å²) in [4.78, 5) is 25.4. The molecule has 3 N–H and O–H groups in total. The molecule has 2 aromatic carbocycles. The van der Waals surface area contributed by atoms with Gasteiger partial charge in [0.15, 0.2) is 0 Å². The first-order valence-corrected chi connectivity index (χ1v) is 13.1. The summed E-state index contributed by atoms with van der Waals surface area (Å²) in [5.41, 5.74) is 1.80. The Kier molecular flexibility index (Phi) is 7.25. The van der Waals surface area contributed by atoms with Crippen LogP contribution in [0.1, 0.15) is 22.9 Å². The van der Waals surface area contributed by atoms with Crippen LogP contribution in [-0.4, -0.2) is 42.8 Å². The van der Waals surface area contributed by atoms with Crippen molar-refractivity contribution in [1.29, 1.82) is 0 Å². The summed E-state index contributed by atoms with van der Waals surface area (Å²) >= 11 is 7.16. The fourth-order valence-electron chi connectivity index (χ4n) is 3.75. The second kappa shape index (κ2) is 10.0. The molecule has 0 saturated carbocycles. The van der Waals surface area contributed by atoms with E-state index in [0.29, 0.717) is 5.56 Å². The van der Waals surface area contributed by atoms with Gasteiger partial charge < -0.3 is 10.4 Å². The van der Waals surface area contributed by atoms with Crippen molar-refractivity contribution in [2.45, 2.75) is 24.9 Å². The Morgan fingerprint density at radius 1 is 1.20 bits per heavy atom. The minimum atomic E-state index is -3.95. The van der Waals surface area contributed by atoms with Crippen molar-refractivity contribution in [2.75, 3.05) is 12.4 Å². The summed E-state index contributed by atoms with van der Waals surface area (Å²) in [5.74, 6) is -2.10. The van der Waals surface area contributed by atoms with E-state index in [2.05, 4.69) is 10.0 Å². The predicted octanol–water partition coefficient (Wildman–Crippen LogP) is 4.05. The number of hydrogen-bond donors (Lipinski definition) is 3. The maximum Gasteiger partial charge on any atom is 0.307 e. The van der Waals surface area contributed by atoms with Crippen LogP contribution in [0.4, 0.5) is 10.1 Å². The van der Waals surface area contributed by atoms with Gasteiger partial charge in [-0.3, -0.25) is 9.59 Å². The SMILES string of the molecule is CN1[C@@H](C(=O)Nc2ccc(F)c(Cl)c2)C[C@@H](c2ccc(-c3ccc(CC(=O)O)cc3)s2)NS1(=O)=O. The quantitative estimate of drug-likeness (QED) is 0.438. The summed E-state index contributed by atoms with van der Waals surface area (Å²) in [7, 11) is -2.63. The van der Waals surface area contributed by atoms with E-state index in [-0.39, 0.29) is 23.6 Å². The van der Waals surface area contributed by atoms with Gasteiger partial charge in [0.05, 0.1) is 17.5 Å². The van der Waals surface area contributed by atoms with Gasteiger partial charge in [-0.05, 0) is 47.9 Å². The molecule has 0 spiro atoms. The second-order valence-electron chi connectivity index (χ2n) is 8.03. The van der Waals surface area contributed by atoms with Crippen LogP contribution in [0, 0.1) is 5.82 Å². The van der Waals surface area contributed by atoms with Gasteiger partial charge >= 0.3 is 5.97 Å². The van der Waals surface area contributed by atoms with E-state index in [4.69, 9.17) is 16.7 Å². The molecule has 0 radical (unpaired) electrons. The van der Waals surface area contributed by atoms with Crippen LogP contribution in [0.2, 0.25) is 5.02 Å². The summed E-state index contributed by atoms with van der Waals surface area (Å²) < 4.78 is 42.5. The van der Waals surface area contributed by atoms with Gasteiger partial charge in [0.2, 0.25) is 5.91 Å². The second-order valence-corrected chi connectivity index (χ2v) is 11.3. The molecule has 0 aliphatic carbocycles. The normalized spacial score (nSPS) is 19.9. The molecule has 1 aliphatic heterocycles. The van der Waals surface area contributed by atoms with E-state index in [0.717, 1.165) is 25.7 Å². The van der Waals surface area contributed by atoms with Crippen molar-refractivity contribution in [1.82, 2.24) is 9.03 Å². The molecule has 2 heterocycles. The Balaban J connectivity index is 1.53. The monoisotopic (exact) mass is 537 g/mol. The first-order valence-electron chi connectivity index (χ1n) is 10.5. The molecule has 1 fully saturated rings. The summed E-state index contributed by atoms with van der Waals surface area (Å²) in [6.07, 6.45) is 0.106. The molecule has 3 aromatic rings. The van der Waals surface area contributed by atoms with E-state index in [1.54, 1.807) is 18.2 Å². The molecule has 1 aromatic heterocycles. The van der Waals surface area contributed by atoms with Crippen LogP contribution in [-0.2, 0) is 26.2 Å².